The van der Waals surface area contributed by atoms with E-state index in [1.54, 1.807) is 33.9 Å². The summed E-state index contributed by atoms with van der Waals surface area (Å²) in [7, 11) is 1.60. The molecule has 0 aliphatic rings. The number of esters is 1. The molecule has 0 bridgehead atoms. The first-order valence-electron chi connectivity index (χ1n) is 6.37. The van der Waals surface area contributed by atoms with E-state index in [2.05, 4.69) is 0 Å². The van der Waals surface area contributed by atoms with E-state index in [1.165, 1.54) is 0 Å². The van der Waals surface area contributed by atoms with Crippen LogP contribution in [0.15, 0.2) is 24.3 Å². The fourth-order valence-corrected chi connectivity index (χ4v) is 1.91. The zero-order valence-electron chi connectivity index (χ0n) is 12.0. The number of carbonyl (C=O) groups is 1. The highest BCUT2D eigenvalue weighted by molar-refractivity contribution is 5.77. The Hall–Kier alpha value is -1.39. The van der Waals surface area contributed by atoms with Gasteiger partial charge in [-0.05, 0) is 31.9 Å². The fourth-order valence-electron chi connectivity index (χ4n) is 1.91. The molecule has 0 heterocycles. The fraction of sp³-hybridized carbons (Fsp3) is 0.533. The van der Waals surface area contributed by atoms with Gasteiger partial charge in [0, 0.05) is 7.11 Å². The van der Waals surface area contributed by atoms with Gasteiger partial charge in [-0.2, -0.15) is 0 Å². The Kier molecular flexibility index (Phi) is 5.51. The lowest BCUT2D eigenvalue weighted by molar-refractivity contribution is -0.160. The summed E-state index contributed by atoms with van der Waals surface area (Å²) in [6, 6.07) is 7.39. The second-order valence-corrected chi connectivity index (χ2v) is 4.98. The van der Waals surface area contributed by atoms with Gasteiger partial charge in [0.15, 0.2) is 0 Å². The molecule has 0 saturated heterocycles. The number of benzene rings is 1. The van der Waals surface area contributed by atoms with Crippen LogP contribution in [-0.4, -0.2) is 24.8 Å². The van der Waals surface area contributed by atoms with Crippen molar-refractivity contribution in [1.29, 1.82) is 0 Å². The number of carbonyl (C=O) groups excluding carboxylic acids is 1. The molecule has 0 fully saturated rings. The standard InChI is InChI=1S/C15H22O4/c1-5-19-14(17)15(2,3)13(16)12-9-7-6-8-11(12)10-18-4/h6-9,13,16H,5,10H2,1-4H3. The summed E-state index contributed by atoms with van der Waals surface area (Å²) in [6.07, 6.45) is -0.933. The summed E-state index contributed by atoms with van der Waals surface area (Å²) >= 11 is 0. The Morgan fingerprint density at radius 3 is 2.58 bits per heavy atom. The van der Waals surface area contributed by atoms with Crippen molar-refractivity contribution in [3.8, 4) is 0 Å². The SMILES string of the molecule is CCOC(=O)C(C)(C)C(O)c1ccccc1COC. The summed E-state index contributed by atoms with van der Waals surface area (Å²) in [5.41, 5.74) is 0.567. The van der Waals surface area contributed by atoms with Crippen LogP contribution < -0.4 is 0 Å². The number of hydrogen-bond donors (Lipinski definition) is 1. The van der Waals surface area contributed by atoms with Crippen LogP contribution in [0.2, 0.25) is 0 Å². The molecule has 4 heteroatoms. The second kappa shape index (κ2) is 6.68. The van der Waals surface area contributed by atoms with Crippen molar-refractivity contribution in [2.75, 3.05) is 13.7 Å². The molecule has 1 aromatic rings. The molecule has 0 radical (unpaired) electrons. The monoisotopic (exact) mass is 266 g/mol. The van der Waals surface area contributed by atoms with Gasteiger partial charge in [-0.3, -0.25) is 4.79 Å². The Morgan fingerprint density at radius 2 is 2.00 bits per heavy atom. The lowest BCUT2D eigenvalue weighted by Crippen LogP contribution is -2.33. The van der Waals surface area contributed by atoms with Crippen molar-refractivity contribution >= 4 is 5.97 Å². The summed E-state index contributed by atoms with van der Waals surface area (Å²) in [4.78, 5) is 11.9. The van der Waals surface area contributed by atoms with Crippen molar-refractivity contribution in [3.63, 3.8) is 0 Å². The van der Waals surface area contributed by atoms with E-state index in [1.807, 2.05) is 18.2 Å². The summed E-state index contributed by atoms with van der Waals surface area (Å²) in [6.45, 7) is 5.80. The average molecular weight is 266 g/mol. The molecule has 4 nitrogen and oxygen atoms in total. The average Bonchev–Trinajstić information content (AvgIpc) is 2.39. The topological polar surface area (TPSA) is 55.8 Å². The predicted octanol–water partition coefficient (Wildman–Crippen LogP) is 2.46. The summed E-state index contributed by atoms with van der Waals surface area (Å²) in [5.74, 6) is -0.408. The molecule has 0 saturated carbocycles. The first kappa shape index (κ1) is 15.7. The largest absolute Gasteiger partial charge is 0.465 e. The van der Waals surface area contributed by atoms with Crippen LogP contribution in [0.1, 0.15) is 38.0 Å². The van der Waals surface area contributed by atoms with Crippen molar-refractivity contribution in [2.45, 2.75) is 33.5 Å². The van der Waals surface area contributed by atoms with Gasteiger partial charge in [-0.15, -0.1) is 0 Å². The summed E-state index contributed by atoms with van der Waals surface area (Å²) < 4.78 is 10.1. The molecule has 0 aliphatic carbocycles. The third-order valence-corrected chi connectivity index (χ3v) is 3.13. The van der Waals surface area contributed by atoms with Crippen LogP contribution in [0.25, 0.3) is 0 Å². The maximum Gasteiger partial charge on any atom is 0.314 e. The molecule has 1 rings (SSSR count). The number of hydrogen-bond acceptors (Lipinski definition) is 4. The zero-order valence-corrected chi connectivity index (χ0v) is 12.0. The molecule has 19 heavy (non-hydrogen) atoms. The number of aliphatic hydroxyl groups is 1. The van der Waals surface area contributed by atoms with Crippen molar-refractivity contribution in [1.82, 2.24) is 0 Å². The molecule has 1 aromatic carbocycles. The molecule has 0 aromatic heterocycles. The van der Waals surface area contributed by atoms with E-state index < -0.39 is 17.5 Å². The lowest BCUT2D eigenvalue weighted by Gasteiger charge is -2.29. The molecule has 106 valence electrons. The van der Waals surface area contributed by atoms with E-state index in [4.69, 9.17) is 9.47 Å². The van der Waals surface area contributed by atoms with E-state index in [0.717, 1.165) is 5.56 Å². The smallest absolute Gasteiger partial charge is 0.314 e. The first-order chi connectivity index (χ1) is 8.95. The van der Waals surface area contributed by atoms with E-state index in [9.17, 15) is 9.90 Å². The molecule has 1 atom stereocenters. The van der Waals surface area contributed by atoms with Crippen molar-refractivity contribution < 1.29 is 19.4 Å². The van der Waals surface area contributed by atoms with Crippen LogP contribution in [0.5, 0.6) is 0 Å². The number of aliphatic hydroxyl groups excluding tert-OH is 1. The highest BCUT2D eigenvalue weighted by Gasteiger charge is 2.38. The predicted molar refractivity (Wildman–Crippen MR) is 72.5 cm³/mol. The van der Waals surface area contributed by atoms with Crippen LogP contribution in [-0.2, 0) is 20.9 Å². The van der Waals surface area contributed by atoms with Crippen LogP contribution in [0.3, 0.4) is 0 Å². The Balaban J connectivity index is 3.05. The quantitative estimate of drug-likeness (QED) is 0.804. The molecular formula is C15H22O4. The van der Waals surface area contributed by atoms with Gasteiger partial charge in [0.25, 0.3) is 0 Å². The van der Waals surface area contributed by atoms with Gasteiger partial charge in [0.05, 0.1) is 24.7 Å². The third kappa shape index (κ3) is 3.55. The molecule has 0 spiro atoms. The molecule has 0 amide bonds. The highest BCUT2D eigenvalue weighted by Crippen LogP contribution is 2.36. The van der Waals surface area contributed by atoms with Crippen LogP contribution in [0, 0.1) is 5.41 Å². The van der Waals surface area contributed by atoms with Gasteiger partial charge in [-0.25, -0.2) is 0 Å². The maximum absolute atomic E-state index is 11.9. The highest BCUT2D eigenvalue weighted by atomic mass is 16.5. The van der Waals surface area contributed by atoms with Gasteiger partial charge in [-0.1, -0.05) is 24.3 Å². The second-order valence-electron chi connectivity index (χ2n) is 4.98. The molecule has 1 unspecified atom stereocenters. The number of rotatable bonds is 6. The summed E-state index contributed by atoms with van der Waals surface area (Å²) in [5, 5.41) is 10.5. The normalized spacial score (nSPS) is 13.1. The molecule has 0 aliphatic heterocycles. The lowest BCUT2D eigenvalue weighted by atomic mass is 9.81. The van der Waals surface area contributed by atoms with Crippen LogP contribution in [0.4, 0.5) is 0 Å². The third-order valence-electron chi connectivity index (χ3n) is 3.13. The molecular weight excluding hydrogens is 244 g/mol. The first-order valence-corrected chi connectivity index (χ1v) is 6.37. The van der Waals surface area contributed by atoms with Crippen LogP contribution >= 0.6 is 0 Å². The van der Waals surface area contributed by atoms with Gasteiger partial charge >= 0.3 is 5.97 Å². The molecule has 1 N–H and O–H groups in total. The number of methoxy groups -OCH3 is 1. The van der Waals surface area contributed by atoms with Gasteiger partial charge in [0.2, 0.25) is 0 Å². The minimum absolute atomic E-state index is 0.300. The van der Waals surface area contributed by atoms with Gasteiger partial charge < -0.3 is 14.6 Å². The van der Waals surface area contributed by atoms with Gasteiger partial charge in [0.1, 0.15) is 0 Å². The Labute approximate surface area is 114 Å². The Bertz CT molecular complexity index is 426. The van der Waals surface area contributed by atoms with E-state index in [0.29, 0.717) is 18.8 Å². The minimum Gasteiger partial charge on any atom is -0.465 e. The Morgan fingerprint density at radius 1 is 1.37 bits per heavy atom. The van der Waals surface area contributed by atoms with E-state index in [-0.39, 0.29) is 0 Å². The number of ether oxygens (including phenoxy) is 2. The van der Waals surface area contributed by atoms with Crippen molar-refractivity contribution in [2.24, 2.45) is 5.41 Å². The minimum atomic E-state index is -1.00. The zero-order chi connectivity index (χ0) is 14.5. The van der Waals surface area contributed by atoms with E-state index >= 15 is 0 Å². The maximum atomic E-state index is 11.9. The van der Waals surface area contributed by atoms with Crippen molar-refractivity contribution in [3.05, 3.63) is 35.4 Å².